The Morgan fingerprint density at radius 2 is 2.00 bits per heavy atom. The third kappa shape index (κ3) is 2.34. The Kier molecular flexibility index (Phi) is 3.63. The van der Waals surface area contributed by atoms with Crippen LogP contribution in [0.5, 0.6) is 0 Å². The van der Waals surface area contributed by atoms with Crippen LogP contribution < -0.4 is 0 Å². The summed E-state index contributed by atoms with van der Waals surface area (Å²) in [4.78, 5) is 2.58. The van der Waals surface area contributed by atoms with E-state index in [-0.39, 0.29) is 0 Å². The third-order valence-corrected chi connectivity index (χ3v) is 3.97. The Morgan fingerprint density at radius 3 is 2.80 bits per heavy atom. The molecule has 1 fully saturated rings. The minimum absolute atomic E-state index is 0.789. The van der Waals surface area contributed by atoms with Crippen LogP contribution in [-0.4, -0.2) is 24.5 Å². The summed E-state index contributed by atoms with van der Waals surface area (Å²) in [6.45, 7) is 3.54. The second-order valence-electron chi connectivity index (χ2n) is 4.99. The summed E-state index contributed by atoms with van der Waals surface area (Å²) >= 11 is 0. The highest BCUT2D eigenvalue weighted by Crippen LogP contribution is 2.38. The zero-order valence-electron chi connectivity index (χ0n) is 10.0. The van der Waals surface area contributed by atoms with Crippen LogP contribution in [0.1, 0.15) is 32.6 Å². The van der Waals surface area contributed by atoms with Gasteiger partial charge in [0.25, 0.3) is 0 Å². The summed E-state index contributed by atoms with van der Waals surface area (Å²) in [5.74, 6) is 1.61. The predicted molar refractivity (Wildman–Crippen MR) is 65.8 cm³/mol. The molecule has 3 unspecified atom stereocenters. The van der Waals surface area contributed by atoms with Crippen LogP contribution in [0.4, 0.5) is 0 Å². The van der Waals surface area contributed by atoms with E-state index in [0.29, 0.717) is 0 Å². The molecule has 1 nitrogen and oxygen atoms in total. The first kappa shape index (κ1) is 10.9. The summed E-state index contributed by atoms with van der Waals surface area (Å²) in [7, 11) is 2.30. The molecule has 0 aromatic heterocycles. The average Bonchev–Trinajstić information content (AvgIpc) is 2.69. The second-order valence-corrected chi connectivity index (χ2v) is 4.99. The van der Waals surface area contributed by atoms with Crippen molar-refractivity contribution in [1.29, 1.82) is 0 Å². The smallest absolute Gasteiger partial charge is 0.0161 e. The molecule has 1 heteroatoms. The van der Waals surface area contributed by atoms with Gasteiger partial charge in [-0.15, -0.1) is 0 Å². The van der Waals surface area contributed by atoms with E-state index < -0.39 is 0 Å². The standard InChI is InChI=1S/C14H23N/c1-3-4-11-15(2)14-10-9-12-7-5-6-8-13(12)14/h5-8,12-14H,3-4,9-11H2,1-2H3. The average molecular weight is 205 g/mol. The van der Waals surface area contributed by atoms with Gasteiger partial charge in [-0.25, -0.2) is 0 Å². The first-order valence-electron chi connectivity index (χ1n) is 6.38. The van der Waals surface area contributed by atoms with Gasteiger partial charge in [0.1, 0.15) is 0 Å². The van der Waals surface area contributed by atoms with Crippen molar-refractivity contribution in [3.8, 4) is 0 Å². The monoisotopic (exact) mass is 205 g/mol. The van der Waals surface area contributed by atoms with Gasteiger partial charge in [0.05, 0.1) is 0 Å². The molecule has 2 aliphatic rings. The molecule has 2 rings (SSSR count). The van der Waals surface area contributed by atoms with Crippen molar-refractivity contribution in [1.82, 2.24) is 4.90 Å². The van der Waals surface area contributed by atoms with Gasteiger partial charge in [-0.1, -0.05) is 37.6 Å². The van der Waals surface area contributed by atoms with Gasteiger partial charge < -0.3 is 4.90 Å². The molecule has 0 aliphatic heterocycles. The SMILES string of the molecule is CCCCN(C)C1CCC2C=CC=CC21. The molecular formula is C14H23N. The van der Waals surface area contributed by atoms with Gasteiger partial charge in [-0.2, -0.15) is 0 Å². The number of allylic oxidation sites excluding steroid dienone is 3. The second kappa shape index (κ2) is 4.98. The molecule has 15 heavy (non-hydrogen) atoms. The normalized spacial score (nSPS) is 33.7. The topological polar surface area (TPSA) is 3.24 Å². The van der Waals surface area contributed by atoms with Crippen LogP contribution >= 0.6 is 0 Å². The summed E-state index contributed by atoms with van der Waals surface area (Å²) in [5.41, 5.74) is 0. The summed E-state index contributed by atoms with van der Waals surface area (Å²) in [6, 6.07) is 0.794. The molecule has 0 aromatic carbocycles. The highest BCUT2D eigenvalue weighted by atomic mass is 15.1. The van der Waals surface area contributed by atoms with Gasteiger partial charge in [0.15, 0.2) is 0 Å². The molecule has 84 valence electrons. The van der Waals surface area contributed by atoms with Crippen molar-refractivity contribution in [2.45, 2.75) is 38.6 Å². The molecule has 0 aromatic rings. The molecule has 1 saturated carbocycles. The van der Waals surface area contributed by atoms with Crippen LogP contribution in [0.25, 0.3) is 0 Å². The Bertz CT molecular complexity index is 254. The van der Waals surface area contributed by atoms with E-state index in [4.69, 9.17) is 0 Å². The van der Waals surface area contributed by atoms with Crippen molar-refractivity contribution in [2.24, 2.45) is 11.8 Å². The lowest BCUT2D eigenvalue weighted by Crippen LogP contribution is -2.36. The fourth-order valence-electron chi connectivity index (χ4n) is 3.02. The first-order valence-corrected chi connectivity index (χ1v) is 6.38. The van der Waals surface area contributed by atoms with Gasteiger partial charge >= 0.3 is 0 Å². The Labute approximate surface area is 93.9 Å². The highest BCUT2D eigenvalue weighted by Gasteiger charge is 2.35. The van der Waals surface area contributed by atoms with Gasteiger partial charge in [0, 0.05) is 6.04 Å². The number of rotatable bonds is 4. The fourth-order valence-corrected chi connectivity index (χ4v) is 3.02. The number of hydrogen-bond donors (Lipinski definition) is 0. The van der Waals surface area contributed by atoms with Gasteiger partial charge in [0.2, 0.25) is 0 Å². The number of unbranched alkanes of at least 4 members (excludes halogenated alkanes) is 1. The zero-order valence-corrected chi connectivity index (χ0v) is 10.0. The van der Waals surface area contributed by atoms with Crippen molar-refractivity contribution in [3.05, 3.63) is 24.3 Å². The van der Waals surface area contributed by atoms with Crippen LogP contribution in [0, 0.1) is 11.8 Å². The van der Waals surface area contributed by atoms with E-state index in [1.165, 1.54) is 32.2 Å². The van der Waals surface area contributed by atoms with Crippen molar-refractivity contribution >= 4 is 0 Å². The van der Waals surface area contributed by atoms with Crippen molar-refractivity contribution in [2.75, 3.05) is 13.6 Å². The lowest BCUT2D eigenvalue weighted by molar-refractivity contribution is 0.207. The van der Waals surface area contributed by atoms with E-state index in [9.17, 15) is 0 Å². The first-order chi connectivity index (χ1) is 7.33. The fraction of sp³-hybridized carbons (Fsp3) is 0.714. The van der Waals surface area contributed by atoms with E-state index in [1.54, 1.807) is 0 Å². The Balaban J connectivity index is 1.93. The molecule has 0 heterocycles. The third-order valence-electron chi connectivity index (χ3n) is 3.97. The number of nitrogens with zero attached hydrogens (tertiary/aromatic N) is 1. The highest BCUT2D eigenvalue weighted by molar-refractivity contribution is 5.18. The van der Waals surface area contributed by atoms with Gasteiger partial charge in [-0.05, 0) is 44.7 Å². The predicted octanol–water partition coefficient (Wildman–Crippen LogP) is 3.24. The number of hydrogen-bond acceptors (Lipinski definition) is 1. The van der Waals surface area contributed by atoms with E-state index in [2.05, 4.69) is 43.2 Å². The minimum atomic E-state index is 0.789. The van der Waals surface area contributed by atoms with E-state index >= 15 is 0 Å². The summed E-state index contributed by atoms with van der Waals surface area (Å²) in [5, 5.41) is 0. The van der Waals surface area contributed by atoms with Crippen molar-refractivity contribution in [3.63, 3.8) is 0 Å². The number of fused-ring (bicyclic) bond motifs is 1. The molecule has 0 bridgehead atoms. The summed E-state index contributed by atoms with van der Waals surface area (Å²) < 4.78 is 0. The molecule has 0 amide bonds. The van der Waals surface area contributed by atoms with E-state index in [1.807, 2.05) is 0 Å². The maximum Gasteiger partial charge on any atom is 0.0161 e. The molecule has 2 aliphatic carbocycles. The molecule has 0 N–H and O–H groups in total. The molecular weight excluding hydrogens is 182 g/mol. The minimum Gasteiger partial charge on any atom is -0.303 e. The largest absolute Gasteiger partial charge is 0.303 e. The van der Waals surface area contributed by atoms with Crippen LogP contribution in [0.2, 0.25) is 0 Å². The lowest BCUT2D eigenvalue weighted by Gasteiger charge is -2.30. The molecule has 3 atom stereocenters. The summed E-state index contributed by atoms with van der Waals surface area (Å²) in [6.07, 6.45) is 14.7. The van der Waals surface area contributed by atoms with Crippen LogP contribution in [-0.2, 0) is 0 Å². The van der Waals surface area contributed by atoms with Crippen LogP contribution in [0.15, 0.2) is 24.3 Å². The van der Waals surface area contributed by atoms with Gasteiger partial charge in [-0.3, -0.25) is 0 Å². The Hall–Kier alpha value is -0.560. The Morgan fingerprint density at radius 1 is 1.20 bits per heavy atom. The lowest BCUT2D eigenvalue weighted by atomic mass is 9.89. The van der Waals surface area contributed by atoms with Crippen molar-refractivity contribution < 1.29 is 0 Å². The maximum absolute atomic E-state index is 2.58. The molecule has 0 spiro atoms. The zero-order chi connectivity index (χ0) is 10.7. The quantitative estimate of drug-likeness (QED) is 0.681. The maximum atomic E-state index is 2.58. The van der Waals surface area contributed by atoms with E-state index in [0.717, 1.165) is 17.9 Å². The van der Waals surface area contributed by atoms with Crippen LogP contribution in [0.3, 0.4) is 0 Å². The molecule has 0 radical (unpaired) electrons. The molecule has 0 saturated heterocycles.